The van der Waals surface area contributed by atoms with Crippen LogP contribution in [0.5, 0.6) is 11.5 Å². The average molecular weight is 703 g/mol. The van der Waals surface area contributed by atoms with Gasteiger partial charge in [-0.15, -0.1) is 0 Å². The van der Waals surface area contributed by atoms with Gasteiger partial charge in [-0.05, 0) is 81.9 Å². The number of methoxy groups -OCH3 is 2. The first-order valence-electron chi connectivity index (χ1n) is 18.5. The minimum absolute atomic E-state index is 0.0227. The first-order valence-corrected chi connectivity index (χ1v) is 20.7. The molecule has 2 unspecified atom stereocenters. The fourth-order valence-electron chi connectivity index (χ4n) is 9.39. The van der Waals surface area contributed by atoms with E-state index in [1.54, 1.807) is 14.2 Å². The molecule has 2 fully saturated rings. The van der Waals surface area contributed by atoms with Crippen LogP contribution in [0.1, 0.15) is 98.3 Å². The Balaban J connectivity index is 1.57. The molecule has 0 bridgehead atoms. The molecule has 0 spiro atoms. The van der Waals surface area contributed by atoms with E-state index in [4.69, 9.17) is 23.3 Å². The van der Waals surface area contributed by atoms with Gasteiger partial charge >= 0.3 is 0 Å². The van der Waals surface area contributed by atoms with Gasteiger partial charge in [0.25, 0.3) is 0 Å². The van der Waals surface area contributed by atoms with E-state index in [1.807, 2.05) is 24.3 Å². The summed E-state index contributed by atoms with van der Waals surface area (Å²) in [6.07, 6.45) is 7.79. The van der Waals surface area contributed by atoms with Gasteiger partial charge in [-0.2, -0.15) is 0 Å². The van der Waals surface area contributed by atoms with E-state index < -0.39 is 12.9 Å². The van der Waals surface area contributed by atoms with Crippen LogP contribution in [-0.2, 0) is 19.4 Å². The molecule has 0 saturated heterocycles. The van der Waals surface area contributed by atoms with Crippen LogP contribution in [0.2, 0.25) is 0 Å². The summed E-state index contributed by atoms with van der Waals surface area (Å²) >= 11 is 0. The molecular formula is C44H63O5P. The van der Waals surface area contributed by atoms with Gasteiger partial charge < -0.3 is 23.3 Å². The zero-order valence-electron chi connectivity index (χ0n) is 32.8. The van der Waals surface area contributed by atoms with E-state index in [-0.39, 0.29) is 33.9 Å². The highest BCUT2D eigenvalue weighted by molar-refractivity contribution is 7.63. The fraction of sp³-hybridized carbons (Fsp3) is 0.568. The molecule has 50 heavy (non-hydrogen) atoms. The van der Waals surface area contributed by atoms with Gasteiger partial charge in [-0.25, -0.2) is 0 Å². The van der Waals surface area contributed by atoms with Crippen LogP contribution in [0.15, 0.2) is 78.9 Å². The maximum Gasteiger partial charge on any atom is 0.144 e. The molecule has 0 N–H and O–H groups in total. The van der Waals surface area contributed by atoms with Crippen LogP contribution in [0.25, 0.3) is 0 Å². The molecule has 7 atom stereocenters. The molecule has 0 aliphatic heterocycles. The smallest absolute Gasteiger partial charge is 0.144 e. The molecule has 0 aromatic heterocycles. The molecule has 2 aliphatic carbocycles. The molecule has 5 rings (SSSR count). The van der Waals surface area contributed by atoms with Gasteiger partial charge in [0.15, 0.2) is 0 Å². The highest BCUT2D eigenvalue weighted by Crippen LogP contribution is 2.63. The number of hydrogen-bond donors (Lipinski definition) is 0. The molecule has 0 heterocycles. The van der Waals surface area contributed by atoms with E-state index in [1.165, 1.54) is 0 Å². The zero-order chi connectivity index (χ0) is 36.8. The molecule has 3 aromatic carbocycles. The summed E-state index contributed by atoms with van der Waals surface area (Å²) in [7, 11) is 0.967. The number of rotatable bonds is 13. The summed E-state index contributed by atoms with van der Waals surface area (Å²) in [5.41, 5.74) is 1.94. The van der Waals surface area contributed by atoms with Crippen molar-refractivity contribution in [3.05, 3.63) is 95.6 Å². The second kappa shape index (κ2) is 14.1. The van der Waals surface area contributed by atoms with Crippen molar-refractivity contribution in [3.63, 3.8) is 0 Å². The van der Waals surface area contributed by atoms with Crippen LogP contribution in [0, 0.1) is 33.5 Å². The Labute approximate surface area is 303 Å². The molecule has 0 radical (unpaired) electrons. The number of benzene rings is 3. The maximum absolute atomic E-state index is 7.89. The van der Waals surface area contributed by atoms with Crippen molar-refractivity contribution in [3.8, 4) is 11.5 Å². The second-order valence-corrected chi connectivity index (χ2v) is 19.7. The molecular weight excluding hydrogens is 639 g/mol. The van der Waals surface area contributed by atoms with Crippen molar-refractivity contribution in [2.75, 3.05) is 27.5 Å². The SMILES string of the molecule is C=P(C)(OC[C@@]1(C)C[C@@H](C)C(C)(C)[C@H]1OC(c1ccccc1)(c1ccc(OC)cc1)c1ccc(OC)cc1)OC1[C@H](C)C[C@](C)(CC)C1(C)C. The quantitative estimate of drug-likeness (QED) is 0.131. The monoisotopic (exact) mass is 702 g/mol. The van der Waals surface area contributed by atoms with Crippen LogP contribution in [-0.4, -0.2) is 46.0 Å². The lowest BCUT2D eigenvalue weighted by molar-refractivity contribution is -0.141. The summed E-state index contributed by atoms with van der Waals surface area (Å²) in [5, 5.41) is 0. The maximum atomic E-state index is 7.89. The number of ether oxygens (including phenoxy) is 3. The van der Waals surface area contributed by atoms with Crippen molar-refractivity contribution in [1.82, 2.24) is 0 Å². The fourth-order valence-corrected chi connectivity index (χ4v) is 11.0. The summed E-state index contributed by atoms with van der Waals surface area (Å²) in [6, 6.07) is 27.2. The predicted molar refractivity (Wildman–Crippen MR) is 210 cm³/mol. The highest BCUT2D eigenvalue weighted by atomic mass is 31.2. The zero-order valence-corrected chi connectivity index (χ0v) is 33.7. The lowest BCUT2D eigenvalue weighted by Crippen LogP contribution is -2.48. The lowest BCUT2D eigenvalue weighted by Gasteiger charge is -2.47. The Morgan fingerprint density at radius 2 is 1.26 bits per heavy atom. The van der Waals surface area contributed by atoms with Crippen LogP contribution < -0.4 is 9.47 Å². The van der Waals surface area contributed by atoms with E-state index in [9.17, 15) is 0 Å². The Morgan fingerprint density at radius 1 is 0.760 bits per heavy atom. The summed E-state index contributed by atoms with van der Waals surface area (Å²) in [4.78, 5) is 0. The molecule has 0 amide bonds. The van der Waals surface area contributed by atoms with Crippen molar-refractivity contribution in [2.45, 2.75) is 99.4 Å². The lowest BCUT2D eigenvalue weighted by atomic mass is 9.67. The Bertz CT molecular complexity index is 1580. The third kappa shape index (κ3) is 6.85. The Morgan fingerprint density at radius 3 is 1.72 bits per heavy atom. The van der Waals surface area contributed by atoms with E-state index in [0.29, 0.717) is 18.4 Å². The first kappa shape index (κ1) is 38.7. The van der Waals surface area contributed by atoms with Crippen molar-refractivity contribution < 1.29 is 23.3 Å². The average Bonchev–Trinajstić information content (AvgIpc) is 3.38. The van der Waals surface area contributed by atoms with E-state index >= 15 is 0 Å². The minimum atomic E-state index is -2.44. The van der Waals surface area contributed by atoms with Gasteiger partial charge in [-0.3, -0.25) is 0 Å². The van der Waals surface area contributed by atoms with Crippen molar-refractivity contribution in [2.24, 2.45) is 33.5 Å². The van der Waals surface area contributed by atoms with E-state index in [0.717, 1.165) is 47.5 Å². The molecule has 3 aromatic rings. The van der Waals surface area contributed by atoms with Crippen LogP contribution in [0.3, 0.4) is 0 Å². The number of hydrogen-bond acceptors (Lipinski definition) is 5. The van der Waals surface area contributed by atoms with Gasteiger partial charge in [0, 0.05) is 12.1 Å². The Kier molecular flexibility index (Phi) is 10.9. The van der Waals surface area contributed by atoms with Crippen molar-refractivity contribution >= 4 is 13.6 Å². The van der Waals surface area contributed by atoms with Crippen LogP contribution in [0.4, 0.5) is 0 Å². The molecule has 274 valence electrons. The van der Waals surface area contributed by atoms with Gasteiger partial charge in [-0.1, -0.05) is 130 Å². The molecule has 5 nitrogen and oxygen atoms in total. The molecule has 2 saturated carbocycles. The normalized spacial score (nSPS) is 30.2. The summed E-state index contributed by atoms with van der Waals surface area (Å²) < 4.78 is 33.0. The molecule has 6 heteroatoms. The first-order chi connectivity index (χ1) is 23.4. The van der Waals surface area contributed by atoms with Gasteiger partial charge in [0.05, 0.1) is 33.0 Å². The standard InChI is InChI=1S/C44H63O5P/c1-14-43(9)28-31(2)38(41(43,6)7)49-50(12,13)47-30-42(8)29-32(3)40(4,5)39(42)48-44(33-18-16-15-17-19-33,34-20-24-36(45-10)25-21-34)35-22-26-37(46-11)27-23-35/h15-27,31-32,38-39H,12,14,28-30H2,1-11,13H3/t31-,32-,38?,39-,42-,43+,50?/m1/s1. The third-order valence-electron chi connectivity index (χ3n) is 13.2. The summed E-state index contributed by atoms with van der Waals surface area (Å²) in [6.45, 7) is 23.8. The van der Waals surface area contributed by atoms with Crippen LogP contribution >= 0.6 is 7.34 Å². The van der Waals surface area contributed by atoms with Gasteiger partial charge in [0.2, 0.25) is 0 Å². The third-order valence-corrected chi connectivity index (χ3v) is 14.5. The topological polar surface area (TPSA) is 46.2 Å². The Hall–Kier alpha value is -2.56. The molecule has 2 aliphatic rings. The predicted octanol–water partition coefficient (Wildman–Crippen LogP) is 11.2. The largest absolute Gasteiger partial charge is 0.497 e. The van der Waals surface area contributed by atoms with Crippen molar-refractivity contribution in [1.29, 1.82) is 0 Å². The van der Waals surface area contributed by atoms with Gasteiger partial charge in [0.1, 0.15) is 24.4 Å². The highest BCUT2D eigenvalue weighted by Gasteiger charge is 2.59. The van der Waals surface area contributed by atoms with E-state index in [2.05, 4.69) is 130 Å². The minimum Gasteiger partial charge on any atom is -0.497 e. The second-order valence-electron chi connectivity index (χ2n) is 17.2. The summed E-state index contributed by atoms with van der Waals surface area (Å²) in [5.74, 6) is 2.43.